The third-order valence-corrected chi connectivity index (χ3v) is 2.78. The zero-order chi connectivity index (χ0) is 12.3. The molecule has 1 aromatic heterocycles. The molecule has 1 aromatic rings. The number of aromatic nitrogens is 2. The predicted molar refractivity (Wildman–Crippen MR) is 70.9 cm³/mol. The van der Waals surface area contributed by atoms with Crippen LogP contribution in [0.3, 0.4) is 0 Å². The first-order chi connectivity index (χ1) is 8.22. The van der Waals surface area contributed by atoms with Gasteiger partial charge < -0.3 is 5.32 Å². The van der Waals surface area contributed by atoms with E-state index in [9.17, 15) is 0 Å². The molecule has 0 spiro atoms. The minimum Gasteiger partial charge on any atom is -0.324 e. The van der Waals surface area contributed by atoms with Crippen molar-refractivity contribution in [3.05, 3.63) is 41.4 Å². The van der Waals surface area contributed by atoms with E-state index in [-0.39, 0.29) is 0 Å². The van der Waals surface area contributed by atoms with Gasteiger partial charge in [0.05, 0.1) is 0 Å². The molecule has 1 fully saturated rings. The summed E-state index contributed by atoms with van der Waals surface area (Å²) in [6, 6.07) is 2.09. The molecule has 0 radical (unpaired) electrons. The highest BCUT2D eigenvalue weighted by Gasteiger charge is 2.25. The molecule has 1 heterocycles. The topological polar surface area (TPSA) is 37.8 Å². The number of anilines is 1. The second kappa shape index (κ2) is 5.13. The van der Waals surface area contributed by atoms with Crippen molar-refractivity contribution in [2.45, 2.75) is 39.5 Å². The number of nitrogens with one attached hydrogen (secondary N) is 1. The van der Waals surface area contributed by atoms with E-state index >= 15 is 0 Å². The summed E-state index contributed by atoms with van der Waals surface area (Å²) in [5.41, 5.74) is 3.23. The molecule has 17 heavy (non-hydrogen) atoms. The van der Waals surface area contributed by atoms with Crippen LogP contribution in [0.1, 0.15) is 44.0 Å². The SMILES string of the molecule is C/C=C\C(=C/C)Nc1nc(C)cc(C2CC2)n1. The summed E-state index contributed by atoms with van der Waals surface area (Å²) in [6.45, 7) is 6.02. The van der Waals surface area contributed by atoms with Crippen LogP contribution in [0.15, 0.2) is 30.0 Å². The molecule has 3 heteroatoms. The summed E-state index contributed by atoms with van der Waals surface area (Å²) >= 11 is 0. The maximum Gasteiger partial charge on any atom is 0.227 e. The van der Waals surface area contributed by atoms with Crippen molar-refractivity contribution < 1.29 is 0 Å². The molecule has 0 saturated heterocycles. The van der Waals surface area contributed by atoms with Gasteiger partial charge in [0.15, 0.2) is 0 Å². The fraction of sp³-hybridized carbons (Fsp3) is 0.429. The Morgan fingerprint density at radius 1 is 1.35 bits per heavy atom. The van der Waals surface area contributed by atoms with Gasteiger partial charge in [0.2, 0.25) is 5.95 Å². The monoisotopic (exact) mass is 229 g/mol. The van der Waals surface area contributed by atoms with Gasteiger partial charge >= 0.3 is 0 Å². The van der Waals surface area contributed by atoms with Gasteiger partial charge in [-0.05, 0) is 45.8 Å². The van der Waals surface area contributed by atoms with Crippen molar-refractivity contribution in [1.29, 1.82) is 0 Å². The first kappa shape index (κ1) is 11.8. The molecule has 2 rings (SSSR count). The largest absolute Gasteiger partial charge is 0.324 e. The van der Waals surface area contributed by atoms with Gasteiger partial charge in [0.25, 0.3) is 0 Å². The molecule has 90 valence electrons. The molecular formula is C14H19N3. The maximum atomic E-state index is 4.57. The van der Waals surface area contributed by atoms with Gasteiger partial charge in [-0.1, -0.05) is 12.2 Å². The second-order valence-electron chi connectivity index (χ2n) is 4.40. The Morgan fingerprint density at radius 3 is 2.71 bits per heavy atom. The van der Waals surface area contributed by atoms with Gasteiger partial charge in [-0.3, -0.25) is 0 Å². The van der Waals surface area contributed by atoms with Crippen LogP contribution in [0.5, 0.6) is 0 Å². The molecule has 1 aliphatic rings. The average Bonchev–Trinajstić information content (AvgIpc) is 3.11. The van der Waals surface area contributed by atoms with Gasteiger partial charge in [0, 0.05) is 23.0 Å². The minimum atomic E-state index is 0.660. The lowest BCUT2D eigenvalue weighted by atomic mass is 10.2. The highest BCUT2D eigenvalue weighted by Crippen LogP contribution is 2.39. The third kappa shape index (κ3) is 3.16. The van der Waals surface area contributed by atoms with E-state index in [4.69, 9.17) is 0 Å². The minimum absolute atomic E-state index is 0.660. The molecule has 1 aliphatic carbocycles. The van der Waals surface area contributed by atoms with Crippen molar-refractivity contribution in [3.63, 3.8) is 0 Å². The van der Waals surface area contributed by atoms with E-state index in [1.807, 2.05) is 39.0 Å². The van der Waals surface area contributed by atoms with Crippen molar-refractivity contribution >= 4 is 5.95 Å². The number of nitrogens with zero attached hydrogens (tertiary/aromatic N) is 2. The summed E-state index contributed by atoms with van der Waals surface area (Å²) in [5, 5.41) is 3.25. The fourth-order valence-electron chi connectivity index (χ4n) is 1.76. The Labute approximate surface area is 103 Å². The van der Waals surface area contributed by atoms with Gasteiger partial charge in [-0.15, -0.1) is 0 Å². The number of hydrogen-bond donors (Lipinski definition) is 1. The van der Waals surface area contributed by atoms with E-state index in [1.165, 1.54) is 18.5 Å². The molecular weight excluding hydrogens is 210 g/mol. The molecule has 1 saturated carbocycles. The van der Waals surface area contributed by atoms with Crippen molar-refractivity contribution in [3.8, 4) is 0 Å². The van der Waals surface area contributed by atoms with E-state index < -0.39 is 0 Å². The zero-order valence-corrected chi connectivity index (χ0v) is 10.7. The summed E-state index contributed by atoms with van der Waals surface area (Å²) in [6.07, 6.45) is 8.56. The van der Waals surface area contributed by atoms with Crippen LogP contribution in [0.4, 0.5) is 5.95 Å². The number of rotatable bonds is 4. The van der Waals surface area contributed by atoms with E-state index in [0.29, 0.717) is 11.9 Å². The Kier molecular flexibility index (Phi) is 3.57. The molecule has 0 aliphatic heterocycles. The van der Waals surface area contributed by atoms with Crippen LogP contribution in [0.25, 0.3) is 0 Å². The third-order valence-electron chi connectivity index (χ3n) is 2.78. The first-order valence-corrected chi connectivity index (χ1v) is 6.14. The van der Waals surface area contributed by atoms with Crippen LogP contribution in [-0.4, -0.2) is 9.97 Å². The van der Waals surface area contributed by atoms with Crippen molar-refractivity contribution in [2.24, 2.45) is 0 Å². The van der Waals surface area contributed by atoms with E-state index in [0.717, 1.165) is 11.4 Å². The quantitative estimate of drug-likeness (QED) is 0.802. The lowest BCUT2D eigenvalue weighted by Gasteiger charge is -2.08. The number of allylic oxidation sites excluding steroid dienone is 3. The standard InChI is InChI=1S/C14H19N3/c1-4-6-12(5-2)16-14-15-10(3)9-13(17-14)11-7-8-11/h4-6,9,11H,7-8H2,1-3H3,(H,15,16,17)/b6-4-,12-5+. The Hall–Kier alpha value is -1.64. The van der Waals surface area contributed by atoms with Crippen LogP contribution in [0, 0.1) is 6.92 Å². The average molecular weight is 229 g/mol. The molecule has 3 nitrogen and oxygen atoms in total. The lowest BCUT2D eigenvalue weighted by Crippen LogP contribution is -2.04. The maximum absolute atomic E-state index is 4.57. The highest BCUT2D eigenvalue weighted by molar-refractivity contribution is 5.41. The molecule has 1 N–H and O–H groups in total. The van der Waals surface area contributed by atoms with Crippen LogP contribution >= 0.6 is 0 Å². The molecule has 0 aromatic carbocycles. The number of hydrogen-bond acceptors (Lipinski definition) is 3. The smallest absolute Gasteiger partial charge is 0.227 e. The first-order valence-electron chi connectivity index (χ1n) is 6.14. The predicted octanol–water partition coefficient (Wildman–Crippen LogP) is 3.55. The Balaban J connectivity index is 2.20. The molecule has 0 bridgehead atoms. The van der Waals surface area contributed by atoms with Gasteiger partial charge in [-0.2, -0.15) is 0 Å². The van der Waals surface area contributed by atoms with Crippen LogP contribution < -0.4 is 5.32 Å². The summed E-state index contributed by atoms with van der Waals surface area (Å²) in [4.78, 5) is 8.99. The van der Waals surface area contributed by atoms with Crippen LogP contribution in [0.2, 0.25) is 0 Å². The normalized spacial score (nSPS) is 16.5. The van der Waals surface area contributed by atoms with Crippen molar-refractivity contribution in [2.75, 3.05) is 5.32 Å². The van der Waals surface area contributed by atoms with E-state index in [1.54, 1.807) is 0 Å². The van der Waals surface area contributed by atoms with Crippen molar-refractivity contribution in [1.82, 2.24) is 9.97 Å². The molecule has 0 amide bonds. The van der Waals surface area contributed by atoms with Gasteiger partial charge in [-0.25, -0.2) is 9.97 Å². The van der Waals surface area contributed by atoms with Crippen LogP contribution in [-0.2, 0) is 0 Å². The highest BCUT2D eigenvalue weighted by atomic mass is 15.1. The lowest BCUT2D eigenvalue weighted by molar-refractivity contribution is 0.969. The summed E-state index contributed by atoms with van der Waals surface area (Å²) in [7, 11) is 0. The second-order valence-corrected chi connectivity index (χ2v) is 4.40. The number of aryl methyl sites for hydroxylation is 1. The fourth-order valence-corrected chi connectivity index (χ4v) is 1.76. The Bertz CT molecular complexity index is 457. The van der Waals surface area contributed by atoms with Gasteiger partial charge in [0.1, 0.15) is 0 Å². The van der Waals surface area contributed by atoms with E-state index in [2.05, 4.69) is 21.4 Å². The summed E-state index contributed by atoms with van der Waals surface area (Å²) in [5.74, 6) is 1.37. The zero-order valence-electron chi connectivity index (χ0n) is 10.7. The Morgan fingerprint density at radius 2 is 2.12 bits per heavy atom. The summed E-state index contributed by atoms with van der Waals surface area (Å²) < 4.78 is 0. The molecule has 0 unspecified atom stereocenters. The molecule has 0 atom stereocenters.